The topological polar surface area (TPSA) is 62.2 Å². The Morgan fingerprint density at radius 3 is 2.48 bits per heavy atom. The highest BCUT2D eigenvalue weighted by Gasteiger charge is 2.17. The van der Waals surface area contributed by atoms with Crippen LogP contribution in [0.5, 0.6) is 0 Å². The van der Waals surface area contributed by atoms with Gasteiger partial charge in [-0.25, -0.2) is 0 Å². The van der Waals surface area contributed by atoms with Crippen molar-refractivity contribution in [3.05, 3.63) is 89.6 Å². The van der Waals surface area contributed by atoms with E-state index in [0.29, 0.717) is 5.56 Å². The second kappa shape index (κ2) is 7.73. The number of rotatable bonds is 5. The zero-order chi connectivity index (χ0) is 17.6. The Morgan fingerprint density at radius 1 is 1.04 bits per heavy atom. The van der Waals surface area contributed by atoms with Crippen LogP contribution in [0.4, 0.5) is 0 Å². The summed E-state index contributed by atoms with van der Waals surface area (Å²) < 4.78 is 0. The highest BCUT2D eigenvalue weighted by Crippen LogP contribution is 2.24. The first-order chi connectivity index (χ1) is 12.2. The molecule has 0 aliphatic heterocycles. The Labute approximate surface area is 147 Å². The van der Waals surface area contributed by atoms with Gasteiger partial charge >= 0.3 is 0 Å². The van der Waals surface area contributed by atoms with Gasteiger partial charge in [-0.05, 0) is 36.2 Å². The molecule has 0 radical (unpaired) electrons. The van der Waals surface area contributed by atoms with E-state index < -0.39 is 6.04 Å². The summed E-state index contributed by atoms with van der Waals surface area (Å²) in [5, 5.41) is 12.6. The number of hydrogen-bond donors (Lipinski definition) is 2. The Morgan fingerprint density at radius 2 is 1.80 bits per heavy atom. The number of aromatic nitrogens is 1. The van der Waals surface area contributed by atoms with Crippen molar-refractivity contribution in [1.82, 2.24) is 10.3 Å². The van der Waals surface area contributed by atoms with Crippen LogP contribution in [0.25, 0.3) is 11.3 Å². The van der Waals surface area contributed by atoms with Crippen molar-refractivity contribution < 1.29 is 9.90 Å². The van der Waals surface area contributed by atoms with Gasteiger partial charge in [0, 0.05) is 17.3 Å². The molecule has 0 spiro atoms. The summed E-state index contributed by atoms with van der Waals surface area (Å²) in [6.07, 6.45) is 1.73. The minimum Gasteiger partial charge on any atom is -0.394 e. The number of nitrogens with one attached hydrogen (secondary N) is 1. The van der Waals surface area contributed by atoms with E-state index in [2.05, 4.69) is 10.3 Å². The van der Waals surface area contributed by atoms with E-state index in [1.165, 1.54) is 0 Å². The predicted octanol–water partition coefficient (Wildman–Crippen LogP) is 3.52. The molecule has 2 N–H and O–H groups in total. The maximum Gasteiger partial charge on any atom is 0.252 e. The van der Waals surface area contributed by atoms with Crippen LogP contribution >= 0.6 is 0 Å². The summed E-state index contributed by atoms with van der Waals surface area (Å²) >= 11 is 0. The minimum absolute atomic E-state index is 0.158. The highest BCUT2D eigenvalue weighted by atomic mass is 16.3. The Hall–Kier alpha value is -2.98. The molecule has 126 valence electrons. The lowest BCUT2D eigenvalue weighted by Crippen LogP contribution is -2.31. The average Bonchev–Trinajstić information content (AvgIpc) is 2.67. The molecule has 1 atom stereocenters. The third-order valence-electron chi connectivity index (χ3n) is 4.21. The highest BCUT2D eigenvalue weighted by molar-refractivity contribution is 5.97. The summed E-state index contributed by atoms with van der Waals surface area (Å²) in [5.41, 5.74) is 4.07. The molecule has 0 fully saturated rings. The van der Waals surface area contributed by atoms with Gasteiger partial charge in [-0.15, -0.1) is 0 Å². The van der Waals surface area contributed by atoms with Gasteiger partial charge in [0.05, 0.1) is 18.3 Å². The summed E-state index contributed by atoms with van der Waals surface area (Å²) in [4.78, 5) is 17.1. The number of carbonyl (C=O) groups excluding carboxylic acids is 1. The third-order valence-corrected chi connectivity index (χ3v) is 4.21. The van der Waals surface area contributed by atoms with E-state index in [9.17, 15) is 9.90 Å². The van der Waals surface area contributed by atoms with Gasteiger partial charge in [-0.1, -0.05) is 48.5 Å². The van der Waals surface area contributed by atoms with Crippen molar-refractivity contribution >= 4 is 5.91 Å². The monoisotopic (exact) mass is 332 g/mol. The molecule has 25 heavy (non-hydrogen) atoms. The minimum atomic E-state index is -0.438. The van der Waals surface area contributed by atoms with Crippen molar-refractivity contribution in [3.63, 3.8) is 0 Å². The second-order valence-electron chi connectivity index (χ2n) is 5.81. The number of benzene rings is 2. The van der Waals surface area contributed by atoms with E-state index in [1.54, 1.807) is 12.3 Å². The van der Waals surface area contributed by atoms with Gasteiger partial charge < -0.3 is 10.4 Å². The molecule has 4 nitrogen and oxygen atoms in total. The van der Waals surface area contributed by atoms with E-state index in [4.69, 9.17) is 0 Å². The molecule has 0 aliphatic rings. The van der Waals surface area contributed by atoms with Crippen molar-refractivity contribution in [2.75, 3.05) is 6.61 Å². The fourth-order valence-corrected chi connectivity index (χ4v) is 2.84. The van der Waals surface area contributed by atoms with Gasteiger partial charge in [-0.2, -0.15) is 0 Å². The number of aliphatic hydroxyl groups is 1. The van der Waals surface area contributed by atoms with Crippen molar-refractivity contribution in [2.45, 2.75) is 13.0 Å². The molecule has 0 unspecified atom stereocenters. The molecule has 0 aliphatic carbocycles. The van der Waals surface area contributed by atoms with Crippen LogP contribution in [-0.2, 0) is 0 Å². The first-order valence-electron chi connectivity index (χ1n) is 8.18. The largest absolute Gasteiger partial charge is 0.394 e. The SMILES string of the molecule is Cc1c(C(=O)N[C@H](CO)c2ccccc2)cccc1-c1ccccn1. The van der Waals surface area contributed by atoms with Crippen LogP contribution in [0.3, 0.4) is 0 Å². The number of amides is 1. The summed E-state index contributed by atoms with van der Waals surface area (Å²) in [7, 11) is 0. The van der Waals surface area contributed by atoms with E-state index in [-0.39, 0.29) is 12.5 Å². The first-order valence-corrected chi connectivity index (χ1v) is 8.18. The lowest BCUT2D eigenvalue weighted by molar-refractivity contribution is 0.0915. The van der Waals surface area contributed by atoms with E-state index in [1.807, 2.05) is 67.6 Å². The quantitative estimate of drug-likeness (QED) is 0.751. The van der Waals surface area contributed by atoms with Crippen LogP contribution in [0.1, 0.15) is 27.5 Å². The number of hydrogen-bond acceptors (Lipinski definition) is 3. The average molecular weight is 332 g/mol. The molecule has 1 heterocycles. The molecular weight excluding hydrogens is 312 g/mol. The van der Waals surface area contributed by atoms with Crippen molar-refractivity contribution in [3.8, 4) is 11.3 Å². The summed E-state index contributed by atoms with van der Waals surface area (Å²) in [6, 6.07) is 20.3. The summed E-state index contributed by atoms with van der Waals surface area (Å²) in [5.74, 6) is -0.210. The van der Waals surface area contributed by atoms with Gasteiger partial charge in [0.2, 0.25) is 0 Å². The van der Waals surface area contributed by atoms with Crippen LogP contribution in [0.2, 0.25) is 0 Å². The van der Waals surface area contributed by atoms with Gasteiger partial charge in [-0.3, -0.25) is 9.78 Å². The third kappa shape index (κ3) is 3.75. The molecule has 1 amide bonds. The number of nitrogens with zero attached hydrogens (tertiary/aromatic N) is 1. The molecule has 1 aromatic heterocycles. The molecule has 0 bridgehead atoms. The second-order valence-corrected chi connectivity index (χ2v) is 5.81. The van der Waals surface area contributed by atoms with Crippen LogP contribution in [0.15, 0.2) is 72.9 Å². The Bertz CT molecular complexity index is 848. The van der Waals surface area contributed by atoms with Gasteiger partial charge in [0.1, 0.15) is 0 Å². The Kier molecular flexibility index (Phi) is 5.21. The maximum atomic E-state index is 12.7. The predicted molar refractivity (Wildman–Crippen MR) is 98.1 cm³/mol. The number of pyridine rings is 1. The fourth-order valence-electron chi connectivity index (χ4n) is 2.84. The number of aliphatic hydroxyl groups excluding tert-OH is 1. The zero-order valence-corrected chi connectivity index (χ0v) is 14.0. The van der Waals surface area contributed by atoms with Crippen molar-refractivity contribution in [2.24, 2.45) is 0 Å². The van der Waals surface area contributed by atoms with Gasteiger partial charge in [0.15, 0.2) is 0 Å². The van der Waals surface area contributed by atoms with E-state index >= 15 is 0 Å². The normalized spacial score (nSPS) is 11.8. The standard InChI is InChI=1S/C21H20N2O2/c1-15-17(19-12-5-6-13-22-19)10-7-11-18(15)21(25)23-20(14-24)16-8-3-2-4-9-16/h2-13,20,24H,14H2,1H3,(H,23,25)/t20-/m1/s1. The lowest BCUT2D eigenvalue weighted by atomic mass is 9.98. The molecule has 3 rings (SSSR count). The van der Waals surface area contributed by atoms with Crippen LogP contribution < -0.4 is 5.32 Å². The fraction of sp³-hybridized carbons (Fsp3) is 0.143. The molecule has 4 heteroatoms. The zero-order valence-electron chi connectivity index (χ0n) is 14.0. The van der Waals surface area contributed by atoms with Crippen LogP contribution in [-0.4, -0.2) is 22.6 Å². The molecule has 3 aromatic rings. The first kappa shape index (κ1) is 16.9. The smallest absolute Gasteiger partial charge is 0.252 e. The van der Waals surface area contributed by atoms with Crippen LogP contribution in [0, 0.1) is 6.92 Å². The molecular formula is C21H20N2O2. The van der Waals surface area contributed by atoms with E-state index in [0.717, 1.165) is 22.4 Å². The van der Waals surface area contributed by atoms with Gasteiger partial charge in [0.25, 0.3) is 5.91 Å². The summed E-state index contributed by atoms with van der Waals surface area (Å²) in [6.45, 7) is 1.75. The maximum absolute atomic E-state index is 12.7. The molecule has 0 saturated heterocycles. The molecule has 0 saturated carbocycles. The van der Waals surface area contributed by atoms with Crippen molar-refractivity contribution in [1.29, 1.82) is 0 Å². The molecule has 2 aromatic carbocycles. The Balaban J connectivity index is 1.88. The lowest BCUT2D eigenvalue weighted by Gasteiger charge is -2.18. The number of carbonyl (C=O) groups is 1.